The predicted octanol–water partition coefficient (Wildman–Crippen LogP) is 1.56. The SMILES string of the molecule is O=Cc1ccc(S(=O)(=O)NC2CC3CCC2C3)o1. The van der Waals surface area contributed by atoms with Crippen LogP contribution in [-0.4, -0.2) is 20.7 Å². The first-order valence-corrected chi connectivity index (χ1v) is 7.64. The van der Waals surface area contributed by atoms with Crippen molar-refractivity contribution in [2.75, 3.05) is 0 Å². The molecule has 0 spiro atoms. The highest BCUT2D eigenvalue weighted by atomic mass is 32.2. The van der Waals surface area contributed by atoms with E-state index in [9.17, 15) is 13.2 Å². The van der Waals surface area contributed by atoms with Gasteiger partial charge in [-0.25, -0.2) is 13.1 Å². The molecule has 3 atom stereocenters. The zero-order valence-electron chi connectivity index (χ0n) is 9.83. The number of furan rings is 1. The van der Waals surface area contributed by atoms with Crippen LogP contribution in [0.15, 0.2) is 21.6 Å². The van der Waals surface area contributed by atoms with E-state index in [-0.39, 0.29) is 16.9 Å². The summed E-state index contributed by atoms with van der Waals surface area (Å²) in [5.41, 5.74) is 0. The van der Waals surface area contributed by atoms with E-state index in [2.05, 4.69) is 4.72 Å². The van der Waals surface area contributed by atoms with Gasteiger partial charge in [0.15, 0.2) is 12.0 Å². The number of hydrogen-bond donors (Lipinski definition) is 1. The van der Waals surface area contributed by atoms with Gasteiger partial charge in [-0.2, -0.15) is 0 Å². The average molecular weight is 269 g/mol. The molecule has 6 heteroatoms. The highest BCUT2D eigenvalue weighted by Crippen LogP contribution is 2.44. The van der Waals surface area contributed by atoms with Gasteiger partial charge in [-0.05, 0) is 43.2 Å². The number of nitrogens with one attached hydrogen (secondary N) is 1. The molecule has 1 N–H and O–H groups in total. The minimum absolute atomic E-state index is 0.0264. The number of carbonyl (C=O) groups is 1. The second-order valence-electron chi connectivity index (χ2n) is 5.18. The zero-order chi connectivity index (χ0) is 12.8. The molecule has 0 aliphatic heterocycles. The molecular formula is C12H15NO4S. The summed E-state index contributed by atoms with van der Waals surface area (Å²) < 4.78 is 31.8. The molecule has 2 aliphatic rings. The third-order valence-electron chi connectivity index (χ3n) is 4.03. The van der Waals surface area contributed by atoms with Gasteiger partial charge in [-0.1, -0.05) is 6.42 Å². The van der Waals surface area contributed by atoms with Crippen LogP contribution in [0.25, 0.3) is 0 Å². The summed E-state index contributed by atoms with van der Waals surface area (Å²) in [6.45, 7) is 0. The van der Waals surface area contributed by atoms with Crippen molar-refractivity contribution in [1.82, 2.24) is 4.72 Å². The lowest BCUT2D eigenvalue weighted by molar-refractivity contribution is 0.109. The summed E-state index contributed by atoms with van der Waals surface area (Å²) in [5.74, 6) is 1.17. The Kier molecular flexibility index (Phi) is 2.79. The molecular weight excluding hydrogens is 254 g/mol. The van der Waals surface area contributed by atoms with Gasteiger partial charge >= 0.3 is 0 Å². The molecule has 2 bridgehead atoms. The summed E-state index contributed by atoms with van der Waals surface area (Å²) in [4.78, 5) is 10.5. The molecule has 2 saturated carbocycles. The van der Waals surface area contributed by atoms with Crippen LogP contribution in [-0.2, 0) is 10.0 Å². The Morgan fingerprint density at radius 1 is 1.28 bits per heavy atom. The number of carbonyl (C=O) groups excluding carboxylic acids is 1. The summed E-state index contributed by atoms with van der Waals surface area (Å²) in [6, 6.07) is 2.71. The first kappa shape index (κ1) is 11.9. The normalized spacial score (nSPS) is 30.8. The maximum absolute atomic E-state index is 12.1. The average Bonchev–Trinajstić information content (AvgIpc) is 3.04. The van der Waals surface area contributed by atoms with E-state index in [0.717, 1.165) is 19.3 Å². The largest absolute Gasteiger partial charge is 0.440 e. The van der Waals surface area contributed by atoms with Crippen molar-refractivity contribution < 1.29 is 17.6 Å². The molecule has 3 rings (SSSR count). The number of fused-ring (bicyclic) bond motifs is 2. The maximum atomic E-state index is 12.1. The quantitative estimate of drug-likeness (QED) is 0.841. The van der Waals surface area contributed by atoms with Gasteiger partial charge in [0.2, 0.25) is 5.09 Å². The minimum atomic E-state index is -3.63. The summed E-state index contributed by atoms with van der Waals surface area (Å²) >= 11 is 0. The second-order valence-corrected chi connectivity index (χ2v) is 6.82. The van der Waals surface area contributed by atoms with E-state index in [0.29, 0.717) is 18.1 Å². The molecule has 0 saturated heterocycles. The van der Waals surface area contributed by atoms with Gasteiger partial charge in [0.25, 0.3) is 10.0 Å². The highest BCUT2D eigenvalue weighted by Gasteiger charge is 2.41. The lowest BCUT2D eigenvalue weighted by atomic mass is 9.96. The summed E-state index contributed by atoms with van der Waals surface area (Å²) in [5, 5.41) is -0.174. The smallest absolute Gasteiger partial charge is 0.274 e. The van der Waals surface area contributed by atoms with Crippen LogP contribution < -0.4 is 4.72 Å². The Bertz CT molecular complexity index is 562. The molecule has 1 aromatic rings. The minimum Gasteiger partial charge on any atom is -0.440 e. The molecule has 98 valence electrons. The molecule has 5 nitrogen and oxygen atoms in total. The third-order valence-corrected chi connectivity index (χ3v) is 5.39. The van der Waals surface area contributed by atoms with Gasteiger partial charge in [0.05, 0.1) is 0 Å². The Morgan fingerprint density at radius 2 is 2.11 bits per heavy atom. The predicted molar refractivity (Wildman–Crippen MR) is 63.7 cm³/mol. The fourth-order valence-electron chi connectivity index (χ4n) is 3.19. The van der Waals surface area contributed by atoms with E-state index in [1.807, 2.05) is 0 Å². The Balaban J connectivity index is 1.76. The van der Waals surface area contributed by atoms with Crippen LogP contribution in [0.4, 0.5) is 0 Å². The van der Waals surface area contributed by atoms with E-state index < -0.39 is 10.0 Å². The van der Waals surface area contributed by atoms with Crippen LogP contribution in [0.3, 0.4) is 0 Å². The monoisotopic (exact) mass is 269 g/mol. The Labute approximate surface area is 106 Å². The second kappa shape index (κ2) is 4.20. The van der Waals surface area contributed by atoms with E-state index >= 15 is 0 Å². The van der Waals surface area contributed by atoms with Crippen LogP contribution in [0.2, 0.25) is 0 Å². The Hall–Kier alpha value is -1.14. The number of sulfonamides is 1. The molecule has 1 heterocycles. The van der Waals surface area contributed by atoms with Crippen molar-refractivity contribution in [3.63, 3.8) is 0 Å². The standard InChI is InChI=1S/C12H15NO4S/c14-7-10-3-4-12(17-10)18(15,16)13-11-6-8-1-2-9(11)5-8/h3-4,7-9,11,13H,1-2,5-6H2. The maximum Gasteiger partial charge on any atom is 0.274 e. The number of rotatable bonds is 4. The van der Waals surface area contributed by atoms with Crippen LogP contribution in [0, 0.1) is 11.8 Å². The lowest BCUT2D eigenvalue weighted by Gasteiger charge is -2.21. The van der Waals surface area contributed by atoms with Gasteiger partial charge in [0, 0.05) is 6.04 Å². The highest BCUT2D eigenvalue weighted by molar-refractivity contribution is 7.89. The third kappa shape index (κ3) is 1.99. The van der Waals surface area contributed by atoms with Gasteiger partial charge in [-0.15, -0.1) is 0 Å². The first-order valence-electron chi connectivity index (χ1n) is 6.16. The molecule has 0 aromatic carbocycles. The fourth-order valence-corrected chi connectivity index (χ4v) is 4.45. The summed E-state index contributed by atoms with van der Waals surface area (Å²) in [6.07, 6.45) is 4.88. The molecule has 0 radical (unpaired) electrons. The zero-order valence-corrected chi connectivity index (χ0v) is 10.7. The topological polar surface area (TPSA) is 76.4 Å². The van der Waals surface area contributed by atoms with Crippen molar-refractivity contribution >= 4 is 16.3 Å². The molecule has 2 fully saturated rings. The van der Waals surface area contributed by atoms with E-state index in [1.54, 1.807) is 0 Å². The van der Waals surface area contributed by atoms with E-state index in [4.69, 9.17) is 4.42 Å². The fraction of sp³-hybridized carbons (Fsp3) is 0.583. The van der Waals surface area contributed by atoms with Crippen LogP contribution in [0.5, 0.6) is 0 Å². The summed E-state index contributed by atoms with van der Waals surface area (Å²) in [7, 11) is -3.63. The van der Waals surface area contributed by atoms with Crippen molar-refractivity contribution in [2.45, 2.75) is 36.8 Å². The van der Waals surface area contributed by atoms with Crippen molar-refractivity contribution in [3.05, 3.63) is 17.9 Å². The van der Waals surface area contributed by atoms with Crippen LogP contribution in [0.1, 0.15) is 36.2 Å². The molecule has 3 unspecified atom stereocenters. The van der Waals surface area contributed by atoms with E-state index in [1.165, 1.54) is 18.6 Å². The number of aldehydes is 1. The van der Waals surface area contributed by atoms with Crippen molar-refractivity contribution in [3.8, 4) is 0 Å². The van der Waals surface area contributed by atoms with Crippen molar-refractivity contribution in [1.29, 1.82) is 0 Å². The van der Waals surface area contributed by atoms with Gasteiger partial charge in [-0.3, -0.25) is 4.79 Å². The van der Waals surface area contributed by atoms with Gasteiger partial charge < -0.3 is 4.42 Å². The number of hydrogen-bond acceptors (Lipinski definition) is 4. The molecule has 1 aromatic heterocycles. The van der Waals surface area contributed by atoms with Crippen LogP contribution >= 0.6 is 0 Å². The van der Waals surface area contributed by atoms with Crippen molar-refractivity contribution in [2.24, 2.45) is 11.8 Å². The lowest BCUT2D eigenvalue weighted by Crippen LogP contribution is -2.38. The van der Waals surface area contributed by atoms with Gasteiger partial charge in [0.1, 0.15) is 0 Å². The molecule has 2 aliphatic carbocycles. The first-order chi connectivity index (χ1) is 8.58. The molecule has 0 amide bonds. The molecule has 18 heavy (non-hydrogen) atoms. The Morgan fingerprint density at radius 3 is 2.67 bits per heavy atom.